The summed E-state index contributed by atoms with van der Waals surface area (Å²) < 4.78 is 63.7. The molecule has 3 fully saturated rings. The highest BCUT2D eigenvalue weighted by Crippen LogP contribution is 2.44. The van der Waals surface area contributed by atoms with Gasteiger partial charge < -0.3 is 34.2 Å². The molecule has 2 N–H and O–H groups in total. The molecule has 31 heavy (non-hydrogen) atoms. The van der Waals surface area contributed by atoms with Crippen LogP contribution in [0.15, 0.2) is 22.6 Å². The van der Waals surface area contributed by atoms with Crippen molar-refractivity contribution in [2.24, 2.45) is 10.1 Å². The molecule has 0 aliphatic carbocycles. The lowest BCUT2D eigenvalue weighted by Gasteiger charge is -2.37. The van der Waals surface area contributed by atoms with Crippen LogP contribution in [0.5, 0.6) is 5.75 Å². The summed E-state index contributed by atoms with van der Waals surface area (Å²) in [5.74, 6) is -1.49. The van der Waals surface area contributed by atoms with Crippen LogP contribution in [0.2, 0.25) is 0 Å². The van der Waals surface area contributed by atoms with Crippen LogP contribution in [0.25, 0.3) is 0 Å². The second-order valence-electron chi connectivity index (χ2n) is 9.01. The monoisotopic (exact) mass is 454 g/mol. The molecule has 170 valence electrons. The molecule has 0 spiro atoms. The number of nitrogens with zero attached hydrogens (tertiary/aromatic N) is 1. The van der Waals surface area contributed by atoms with Crippen molar-refractivity contribution < 1.29 is 36.8 Å². The Kier molecular flexibility index (Phi) is 4.68. The van der Waals surface area contributed by atoms with Crippen LogP contribution < -0.4 is 10.5 Å². The van der Waals surface area contributed by atoms with Gasteiger partial charge in [-0.25, -0.2) is 8.42 Å². The molecule has 5 atom stereocenters. The highest BCUT2D eigenvalue weighted by atomic mass is 32.2. The Hall–Kier alpha value is -1.76. The van der Waals surface area contributed by atoms with Gasteiger partial charge in [-0.1, -0.05) is 12.1 Å². The van der Waals surface area contributed by atoms with E-state index in [-0.39, 0.29) is 24.3 Å². The molecule has 4 aliphatic heterocycles. The van der Waals surface area contributed by atoms with Gasteiger partial charge >= 0.3 is 0 Å². The second kappa shape index (κ2) is 6.87. The summed E-state index contributed by atoms with van der Waals surface area (Å²) in [5.41, 5.74) is 6.96. The molecule has 0 bridgehead atoms. The lowest BCUT2D eigenvalue weighted by molar-refractivity contribution is -0.238. The van der Waals surface area contributed by atoms with Crippen LogP contribution in [-0.4, -0.2) is 63.1 Å². The predicted octanol–water partition coefficient (Wildman–Crippen LogP) is 1.01. The number of rotatable bonds is 3. The molecule has 4 aliphatic rings. The largest absolute Gasteiger partial charge is 0.490 e. The van der Waals surface area contributed by atoms with Gasteiger partial charge in [0.15, 0.2) is 17.9 Å². The van der Waals surface area contributed by atoms with E-state index >= 15 is 0 Å². The first-order chi connectivity index (χ1) is 14.4. The van der Waals surface area contributed by atoms with E-state index in [1.54, 1.807) is 18.2 Å². The SMILES string of the molecule is CC1(C)OC2[C@@H](O1)C(COc1cccc3c1C(N)=NS(=O)(=O)C3)O[C@@H]1OC(C)(C)O[C@@H]21. The minimum atomic E-state index is -3.63. The van der Waals surface area contributed by atoms with Crippen molar-refractivity contribution in [1.82, 2.24) is 0 Å². The van der Waals surface area contributed by atoms with E-state index < -0.39 is 46.2 Å². The molecule has 1 aromatic rings. The van der Waals surface area contributed by atoms with E-state index in [4.69, 9.17) is 34.2 Å². The summed E-state index contributed by atoms with van der Waals surface area (Å²) in [6, 6.07) is 5.13. The quantitative estimate of drug-likeness (QED) is 0.711. The molecule has 4 heterocycles. The highest BCUT2D eigenvalue weighted by molar-refractivity contribution is 7.89. The Morgan fingerprint density at radius 2 is 1.74 bits per heavy atom. The van der Waals surface area contributed by atoms with Gasteiger partial charge in [-0.15, -0.1) is 4.40 Å². The van der Waals surface area contributed by atoms with Gasteiger partial charge in [0.2, 0.25) is 0 Å². The number of amidine groups is 1. The molecular weight excluding hydrogens is 428 g/mol. The Bertz CT molecular complexity index is 1040. The van der Waals surface area contributed by atoms with Crippen molar-refractivity contribution >= 4 is 15.9 Å². The molecular formula is C20H26N2O8S. The van der Waals surface area contributed by atoms with Gasteiger partial charge in [0, 0.05) is 0 Å². The summed E-state index contributed by atoms with van der Waals surface area (Å²) in [5, 5.41) is 0. The number of nitrogens with two attached hydrogens (primary N) is 1. The number of ether oxygens (including phenoxy) is 6. The molecule has 0 radical (unpaired) electrons. The minimum Gasteiger partial charge on any atom is -0.490 e. The standard InChI is InChI=1S/C20H26N2O8S/c1-19(2)27-14-12(26-18-16(15(14)28-19)29-20(3,4)30-18)8-25-11-7-5-6-10-9-31(23,24)22-17(21)13(10)11/h5-7,12,14-16,18H,8-9H2,1-4H3,(H2,21,22)/t12?,14-,15?,16-,18+/m0/s1. The number of fused-ring (bicyclic) bond motifs is 4. The molecule has 5 rings (SSSR count). The van der Waals surface area contributed by atoms with E-state index in [2.05, 4.69) is 4.40 Å². The summed E-state index contributed by atoms with van der Waals surface area (Å²) in [6.45, 7) is 7.43. The van der Waals surface area contributed by atoms with Gasteiger partial charge in [0.05, 0.1) is 11.3 Å². The first-order valence-electron chi connectivity index (χ1n) is 10.1. The topological polar surface area (TPSA) is 128 Å². The first kappa shape index (κ1) is 21.1. The minimum absolute atomic E-state index is 0.0878. The fourth-order valence-electron chi connectivity index (χ4n) is 4.53. The van der Waals surface area contributed by atoms with Crippen LogP contribution in [-0.2, 0) is 39.5 Å². The Labute approximate surface area is 180 Å². The van der Waals surface area contributed by atoms with Crippen LogP contribution in [0.1, 0.15) is 38.8 Å². The third kappa shape index (κ3) is 3.83. The number of hydrogen-bond donors (Lipinski definition) is 1. The normalized spacial score (nSPS) is 36.8. The third-order valence-electron chi connectivity index (χ3n) is 5.60. The van der Waals surface area contributed by atoms with Crippen molar-refractivity contribution in [3.05, 3.63) is 29.3 Å². The fraction of sp³-hybridized carbons (Fsp3) is 0.650. The number of sulfonamides is 1. The molecule has 1 aromatic carbocycles. The average Bonchev–Trinajstić information content (AvgIpc) is 3.12. The Balaban J connectivity index is 1.39. The Morgan fingerprint density at radius 3 is 2.52 bits per heavy atom. The summed E-state index contributed by atoms with van der Waals surface area (Å²) in [7, 11) is -3.63. The maximum absolute atomic E-state index is 11.9. The van der Waals surface area contributed by atoms with E-state index in [1.807, 2.05) is 27.7 Å². The zero-order valence-corrected chi connectivity index (χ0v) is 18.5. The van der Waals surface area contributed by atoms with Gasteiger partial charge in [-0.3, -0.25) is 0 Å². The lowest BCUT2D eigenvalue weighted by Crippen LogP contribution is -2.56. The van der Waals surface area contributed by atoms with Gasteiger partial charge in [0.1, 0.15) is 42.6 Å². The molecule has 2 unspecified atom stereocenters. The predicted molar refractivity (Wildman–Crippen MR) is 108 cm³/mol. The van der Waals surface area contributed by atoms with Crippen molar-refractivity contribution in [2.45, 2.75) is 75.7 Å². The summed E-state index contributed by atoms with van der Waals surface area (Å²) in [6.07, 6.45) is -2.36. The van der Waals surface area contributed by atoms with Crippen molar-refractivity contribution in [3.8, 4) is 5.75 Å². The van der Waals surface area contributed by atoms with Crippen LogP contribution in [0.3, 0.4) is 0 Å². The highest BCUT2D eigenvalue weighted by Gasteiger charge is 2.60. The molecule has 0 aromatic heterocycles. The van der Waals surface area contributed by atoms with Gasteiger partial charge in [-0.05, 0) is 39.3 Å². The van der Waals surface area contributed by atoms with E-state index in [0.29, 0.717) is 16.9 Å². The van der Waals surface area contributed by atoms with Crippen LogP contribution in [0, 0.1) is 0 Å². The van der Waals surface area contributed by atoms with Crippen molar-refractivity contribution in [3.63, 3.8) is 0 Å². The van der Waals surface area contributed by atoms with E-state index in [9.17, 15) is 8.42 Å². The average molecular weight is 455 g/mol. The maximum Gasteiger partial charge on any atom is 0.259 e. The molecule has 3 saturated heterocycles. The smallest absolute Gasteiger partial charge is 0.259 e. The molecule has 0 amide bonds. The fourth-order valence-corrected chi connectivity index (χ4v) is 5.62. The second-order valence-corrected chi connectivity index (χ2v) is 10.6. The maximum atomic E-state index is 11.9. The van der Waals surface area contributed by atoms with Crippen LogP contribution >= 0.6 is 0 Å². The third-order valence-corrected chi connectivity index (χ3v) is 6.75. The first-order valence-corrected chi connectivity index (χ1v) is 11.7. The van der Waals surface area contributed by atoms with E-state index in [0.717, 1.165) is 0 Å². The zero-order valence-electron chi connectivity index (χ0n) is 17.7. The van der Waals surface area contributed by atoms with Gasteiger partial charge in [0.25, 0.3) is 10.0 Å². The van der Waals surface area contributed by atoms with Crippen LogP contribution in [0.4, 0.5) is 0 Å². The van der Waals surface area contributed by atoms with Gasteiger partial charge in [-0.2, -0.15) is 0 Å². The van der Waals surface area contributed by atoms with Crippen molar-refractivity contribution in [1.29, 1.82) is 0 Å². The number of benzene rings is 1. The van der Waals surface area contributed by atoms with Crippen molar-refractivity contribution in [2.75, 3.05) is 6.61 Å². The number of hydrogen-bond acceptors (Lipinski definition) is 9. The molecule has 11 heteroatoms. The summed E-state index contributed by atoms with van der Waals surface area (Å²) >= 11 is 0. The lowest BCUT2D eigenvalue weighted by atomic mass is 9.99. The Morgan fingerprint density at radius 1 is 1.06 bits per heavy atom. The molecule has 10 nitrogen and oxygen atoms in total. The zero-order chi connectivity index (χ0) is 22.2. The molecule has 0 saturated carbocycles. The summed E-state index contributed by atoms with van der Waals surface area (Å²) in [4.78, 5) is 0. The van der Waals surface area contributed by atoms with E-state index in [1.165, 1.54) is 0 Å².